The van der Waals surface area contributed by atoms with Gasteiger partial charge in [0.1, 0.15) is 13.2 Å². The quantitative estimate of drug-likeness (QED) is 0.0199. The van der Waals surface area contributed by atoms with E-state index >= 15 is 0 Å². The predicted molar refractivity (Wildman–Crippen MR) is 270 cm³/mol. The van der Waals surface area contributed by atoms with E-state index in [1.807, 2.05) is 48.6 Å². The monoisotopic (exact) mass is 873 g/mol. The van der Waals surface area contributed by atoms with Crippen molar-refractivity contribution >= 4 is 17.9 Å². The number of unbranched alkanes of at least 4 members (excludes halogenated alkanes) is 19. The Morgan fingerprint density at radius 3 is 1.21 bits per heavy atom. The average Bonchev–Trinajstić information content (AvgIpc) is 3.28. The van der Waals surface area contributed by atoms with Crippen molar-refractivity contribution in [3.63, 3.8) is 0 Å². The molecule has 6 heteroatoms. The van der Waals surface area contributed by atoms with Crippen LogP contribution >= 0.6 is 0 Å². The first-order chi connectivity index (χ1) is 31.0. The minimum absolute atomic E-state index is 0.113. The third kappa shape index (κ3) is 49.0. The van der Waals surface area contributed by atoms with E-state index in [1.54, 1.807) is 0 Å². The fraction of sp³-hybridized carbons (Fsp3) is 0.632. The summed E-state index contributed by atoms with van der Waals surface area (Å²) in [4.78, 5) is 37.9. The molecule has 0 amide bonds. The molecular formula is C57H92O6. The highest BCUT2D eigenvalue weighted by Gasteiger charge is 2.19. The van der Waals surface area contributed by atoms with Crippen LogP contribution in [0.1, 0.15) is 213 Å². The summed E-state index contributed by atoms with van der Waals surface area (Å²) in [6.45, 7) is 6.37. The normalized spacial score (nSPS) is 13.0. The zero-order valence-corrected chi connectivity index (χ0v) is 40.5. The molecular weight excluding hydrogens is 781 g/mol. The third-order valence-corrected chi connectivity index (χ3v) is 10.4. The number of allylic oxidation sites excluding steroid dienone is 18. The van der Waals surface area contributed by atoms with E-state index in [2.05, 4.69) is 81.5 Å². The van der Waals surface area contributed by atoms with Gasteiger partial charge in [-0.2, -0.15) is 0 Å². The average molecular weight is 873 g/mol. The molecule has 0 aliphatic carbocycles. The summed E-state index contributed by atoms with van der Waals surface area (Å²) in [5.74, 6) is -1.02. The molecule has 0 aromatic heterocycles. The molecule has 0 fully saturated rings. The summed E-state index contributed by atoms with van der Waals surface area (Å²) in [5.41, 5.74) is 0. The summed E-state index contributed by atoms with van der Waals surface area (Å²) >= 11 is 0. The molecule has 1 unspecified atom stereocenters. The lowest BCUT2D eigenvalue weighted by Crippen LogP contribution is -2.30. The lowest BCUT2D eigenvalue weighted by Gasteiger charge is -2.18. The van der Waals surface area contributed by atoms with Gasteiger partial charge < -0.3 is 14.2 Å². The van der Waals surface area contributed by atoms with Crippen LogP contribution in [0.25, 0.3) is 0 Å². The Labute approximate surface area is 387 Å². The second-order valence-electron chi connectivity index (χ2n) is 16.5. The summed E-state index contributed by atoms with van der Waals surface area (Å²) in [6, 6.07) is 0. The SMILES string of the molecule is CC\C=C/C=C\C=C/C=C\C=C/CCCCCC(=O)OC(COC(=O)CCC/C=C\C/C=C\C/C=C\C/C=C\CCCCC)COC(=O)CCCCCCCCCCCCCCC. The topological polar surface area (TPSA) is 78.9 Å². The first-order valence-corrected chi connectivity index (χ1v) is 25.5. The van der Waals surface area contributed by atoms with Gasteiger partial charge in [0.05, 0.1) is 0 Å². The second kappa shape index (κ2) is 50.7. The van der Waals surface area contributed by atoms with Crippen LogP contribution in [0.3, 0.4) is 0 Å². The summed E-state index contributed by atoms with van der Waals surface area (Å²) in [6.07, 6.45) is 67.9. The lowest BCUT2D eigenvalue weighted by molar-refractivity contribution is -0.167. The van der Waals surface area contributed by atoms with Gasteiger partial charge in [-0.1, -0.05) is 226 Å². The molecule has 0 radical (unpaired) electrons. The van der Waals surface area contributed by atoms with Gasteiger partial charge in [-0.25, -0.2) is 0 Å². The molecule has 0 spiro atoms. The van der Waals surface area contributed by atoms with E-state index in [1.165, 1.54) is 89.9 Å². The minimum atomic E-state index is -0.822. The highest BCUT2D eigenvalue weighted by molar-refractivity contribution is 5.71. The molecule has 0 heterocycles. The predicted octanol–water partition coefficient (Wildman–Crippen LogP) is 16.8. The first-order valence-electron chi connectivity index (χ1n) is 25.5. The van der Waals surface area contributed by atoms with E-state index in [-0.39, 0.29) is 44.0 Å². The van der Waals surface area contributed by atoms with Crippen molar-refractivity contribution in [3.8, 4) is 0 Å². The number of hydrogen-bond acceptors (Lipinski definition) is 6. The molecule has 0 aliphatic rings. The van der Waals surface area contributed by atoms with Crippen molar-refractivity contribution in [3.05, 3.63) is 109 Å². The van der Waals surface area contributed by atoms with Crippen LogP contribution < -0.4 is 0 Å². The second-order valence-corrected chi connectivity index (χ2v) is 16.5. The largest absolute Gasteiger partial charge is 0.462 e. The van der Waals surface area contributed by atoms with Gasteiger partial charge in [0.2, 0.25) is 0 Å². The van der Waals surface area contributed by atoms with E-state index in [9.17, 15) is 14.4 Å². The molecule has 0 N–H and O–H groups in total. The molecule has 0 aromatic carbocycles. The lowest BCUT2D eigenvalue weighted by atomic mass is 10.0. The van der Waals surface area contributed by atoms with Gasteiger partial charge in [-0.15, -0.1) is 0 Å². The number of hydrogen-bond donors (Lipinski definition) is 0. The Morgan fingerprint density at radius 1 is 0.349 bits per heavy atom. The van der Waals surface area contributed by atoms with E-state index in [0.717, 1.165) is 70.6 Å². The Bertz CT molecular complexity index is 1330. The van der Waals surface area contributed by atoms with Crippen molar-refractivity contribution in [1.82, 2.24) is 0 Å². The molecule has 1 atom stereocenters. The minimum Gasteiger partial charge on any atom is -0.462 e. The van der Waals surface area contributed by atoms with Crippen molar-refractivity contribution in [2.75, 3.05) is 13.2 Å². The third-order valence-electron chi connectivity index (χ3n) is 10.4. The maximum Gasteiger partial charge on any atom is 0.306 e. The number of carbonyl (C=O) groups excluding carboxylic acids is 3. The standard InChI is InChI=1S/C57H92O6/c1-4-7-10-13-16-19-22-25-27-28-30-32-35-38-41-44-47-50-56(59)62-53-54(52-61-55(58)49-46-43-40-37-34-31-24-21-18-15-12-9-6-3)63-57(60)51-48-45-42-39-36-33-29-26-23-20-17-14-11-8-5-2/h8,11,14,16-17,19-20,23,25-27,29-30,32-33,36,38,41,54H,4-7,9-10,12-13,15,18,21-22,24,28,31,34-35,37,39-40,42-53H2,1-3H3/b11-8-,17-14-,19-16-,23-20-,27-25-,29-26-,32-30-,36-33-,41-38-. The molecule has 0 aliphatic heterocycles. The van der Waals surface area contributed by atoms with Crippen molar-refractivity contribution < 1.29 is 28.6 Å². The Balaban J connectivity index is 4.56. The maximum atomic E-state index is 12.8. The fourth-order valence-electron chi connectivity index (χ4n) is 6.57. The van der Waals surface area contributed by atoms with Crippen LogP contribution in [0.2, 0.25) is 0 Å². The highest BCUT2D eigenvalue weighted by Crippen LogP contribution is 2.14. The van der Waals surface area contributed by atoms with Crippen molar-refractivity contribution in [1.29, 1.82) is 0 Å². The van der Waals surface area contributed by atoms with Crippen molar-refractivity contribution in [2.45, 2.75) is 219 Å². The summed E-state index contributed by atoms with van der Waals surface area (Å²) < 4.78 is 16.7. The molecule has 6 nitrogen and oxygen atoms in total. The molecule has 0 rings (SSSR count). The van der Waals surface area contributed by atoms with Gasteiger partial charge in [0, 0.05) is 19.3 Å². The van der Waals surface area contributed by atoms with Gasteiger partial charge >= 0.3 is 17.9 Å². The number of ether oxygens (including phenoxy) is 3. The molecule has 356 valence electrons. The van der Waals surface area contributed by atoms with Crippen LogP contribution in [-0.4, -0.2) is 37.2 Å². The fourth-order valence-corrected chi connectivity index (χ4v) is 6.57. The number of rotatable bonds is 44. The molecule has 0 saturated heterocycles. The van der Waals surface area contributed by atoms with Gasteiger partial charge in [-0.3, -0.25) is 14.4 Å². The number of carbonyl (C=O) groups is 3. The van der Waals surface area contributed by atoms with Gasteiger partial charge in [0.25, 0.3) is 0 Å². The van der Waals surface area contributed by atoms with Crippen LogP contribution in [-0.2, 0) is 28.6 Å². The van der Waals surface area contributed by atoms with Crippen LogP contribution in [0.4, 0.5) is 0 Å². The zero-order valence-electron chi connectivity index (χ0n) is 40.5. The summed E-state index contributed by atoms with van der Waals surface area (Å²) in [7, 11) is 0. The zero-order chi connectivity index (χ0) is 45.8. The van der Waals surface area contributed by atoms with Crippen LogP contribution in [0, 0.1) is 0 Å². The Kier molecular flexibility index (Phi) is 47.5. The maximum absolute atomic E-state index is 12.8. The van der Waals surface area contributed by atoms with Crippen molar-refractivity contribution in [2.24, 2.45) is 0 Å². The highest BCUT2D eigenvalue weighted by atomic mass is 16.6. The number of esters is 3. The molecule has 0 bridgehead atoms. The van der Waals surface area contributed by atoms with E-state index in [4.69, 9.17) is 14.2 Å². The Morgan fingerprint density at radius 2 is 0.698 bits per heavy atom. The summed E-state index contributed by atoms with van der Waals surface area (Å²) in [5, 5.41) is 0. The molecule has 63 heavy (non-hydrogen) atoms. The molecule has 0 aromatic rings. The van der Waals surface area contributed by atoms with Gasteiger partial charge in [0.15, 0.2) is 6.10 Å². The smallest absolute Gasteiger partial charge is 0.306 e. The van der Waals surface area contributed by atoms with E-state index in [0.29, 0.717) is 19.3 Å². The van der Waals surface area contributed by atoms with Gasteiger partial charge in [-0.05, 0) is 77.0 Å². The van der Waals surface area contributed by atoms with E-state index < -0.39 is 6.10 Å². The Hall–Kier alpha value is -3.93. The molecule has 0 saturated carbocycles. The van der Waals surface area contributed by atoms with Crippen LogP contribution in [0.15, 0.2) is 109 Å². The first kappa shape index (κ1) is 59.1. The van der Waals surface area contributed by atoms with Crippen LogP contribution in [0.5, 0.6) is 0 Å².